The van der Waals surface area contributed by atoms with E-state index in [2.05, 4.69) is 26.1 Å². The third-order valence-corrected chi connectivity index (χ3v) is 4.03. The Morgan fingerprint density at radius 2 is 2.04 bits per heavy atom. The molecule has 0 aliphatic carbocycles. The van der Waals surface area contributed by atoms with E-state index in [-0.39, 0.29) is 5.91 Å². The van der Waals surface area contributed by atoms with Gasteiger partial charge in [0.1, 0.15) is 12.1 Å². The van der Waals surface area contributed by atoms with Crippen molar-refractivity contribution in [2.24, 2.45) is 5.10 Å². The molecule has 3 rings (SSSR count). The molecular weight excluding hydrogens is 344 g/mol. The Kier molecular flexibility index (Phi) is 5.88. The monoisotopic (exact) mass is 364 g/mol. The molecule has 0 radical (unpaired) electrons. The number of benzene rings is 2. The van der Waals surface area contributed by atoms with Crippen LogP contribution in [-0.2, 0) is 11.2 Å². The Morgan fingerprint density at radius 3 is 2.74 bits per heavy atom. The Hall–Kier alpha value is -3.55. The molecule has 0 aliphatic rings. The van der Waals surface area contributed by atoms with Crippen LogP contribution in [0.2, 0.25) is 0 Å². The average Bonchev–Trinajstić information content (AvgIpc) is 3.26. The first kappa shape index (κ1) is 18.2. The maximum atomic E-state index is 12.1. The number of aryl methyl sites for hydroxylation is 1. The number of ether oxygens (including phenoxy) is 1. The average molecular weight is 364 g/mol. The zero-order valence-corrected chi connectivity index (χ0v) is 15.2. The molecule has 0 saturated carbocycles. The van der Waals surface area contributed by atoms with E-state index in [9.17, 15) is 4.79 Å². The van der Waals surface area contributed by atoms with Gasteiger partial charge in [-0.05, 0) is 59.2 Å². The number of tetrazole rings is 1. The van der Waals surface area contributed by atoms with Crippen LogP contribution >= 0.6 is 0 Å². The summed E-state index contributed by atoms with van der Waals surface area (Å²) >= 11 is 0. The molecule has 0 saturated heterocycles. The smallest absolute Gasteiger partial charge is 0.240 e. The van der Waals surface area contributed by atoms with Crippen molar-refractivity contribution in [3.05, 3.63) is 66.0 Å². The Labute approximate surface area is 156 Å². The lowest BCUT2D eigenvalue weighted by atomic mass is 10.1. The molecule has 138 valence electrons. The maximum absolute atomic E-state index is 12.1. The minimum absolute atomic E-state index is 0.137. The van der Waals surface area contributed by atoms with Crippen LogP contribution in [0.5, 0.6) is 5.75 Å². The molecule has 0 atom stereocenters. The molecule has 1 amide bonds. The summed E-state index contributed by atoms with van der Waals surface area (Å²) < 4.78 is 6.68. The molecule has 1 aromatic heterocycles. The number of nitrogens with one attached hydrogen (secondary N) is 1. The molecule has 0 aliphatic heterocycles. The minimum Gasteiger partial charge on any atom is -0.497 e. The fourth-order valence-electron chi connectivity index (χ4n) is 2.47. The van der Waals surface area contributed by atoms with Crippen LogP contribution in [-0.4, -0.2) is 38.9 Å². The van der Waals surface area contributed by atoms with E-state index in [1.54, 1.807) is 11.8 Å². The van der Waals surface area contributed by atoms with Crippen LogP contribution in [0.3, 0.4) is 0 Å². The summed E-state index contributed by atoms with van der Waals surface area (Å²) in [6, 6.07) is 15.3. The predicted octanol–water partition coefficient (Wildman–Crippen LogP) is 2.14. The summed E-state index contributed by atoms with van der Waals surface area (Å²) in [6.45, 7) is 1.84. The van der Waals surface area contributed by atoms with Gasteiger partial charge < -0.3 is 4.74 Å². The summed E-state index contributed by atoms with van der Waals surface area (Å²) in [7, 11) is 1.63. The predicted molar refractivity (Wildman–Crippen MR) is 101 cm³/mol. The molecule has 1 heterocycles. The van der Waals surface area contributed by atoms with Crippen LogP contribution in [0.4, 0.5) is 0 Å². The molecule has 0 bridgehead atoms. The van der Waals surface area contributed by atoms with Gasteiger partial charge in [0.25, 0.3) is 0 Å². The standard InChI is InChI=1S/C19H20N6O2/c1-14(16-4-3-5-17(12-16)25-13-20-23-24-25)21-22-19(26)11-8-15-6-9-18(27-2)10-7-15/h3-7,9-10,12-13H,8,11H2,1-2H3,(H,22,26)/b21-14+. The SMILES string of the molecule is COc1ccc(CCC(=O)N/N=C(\C)c2cccc(-n3cnnn3)c2)cc1. The lowest BCUT2D eigenvalue weighted by molar-refractivity contribution is -0.121. The Balaban J connectivity index is 1.56. The molecule has 2 aromatic carbocycles. The van der Waals surface area contributed by atoms with E-state index in [1.165, 1.54) is 6.33 Å². The first-order chi connectivity index (χ1) is 13.2. The van der Waals surface area contributed by atoms with Gasteiger partial charge in [0.15, 0.2) is 0 Å². The van der Waals surface area contributed by atoms with Gasteiger partial charge in [-0.2, -0.15) is 5.10 Å². The molecular formula is C19H20N6O2. The van der Waals surface area contributed by atoms with Crippen molar-refractivity contribution in [2.45, 2.75) is 19.8 Å². The second-order valence-corrected chi connectivity index (χ2v) is 5.88. The highest BCUT2D eigenvalue weighted by molar-refractivity contribution is 5.99. The number of nitrogens with zero attached hydrogens (tertiary/aromatic N) is 5. The molecule has 8 heteroatoms. The molecule has 0 unspecified atom stereocenters. The van der Waals surface area contributed by atoms with Gasteiger partial charge >= 0.3 is 0 Å². The van der Waals surface area contributed by atoms with Gasteiger partial charge in [-0.3, -0.25) is 4.79 Å². The second-order valence-electron chi connectivity index (χ2n) is 5.88. The number of amides is 1. The van der Waals surface area contributed by atoms with Gasteiger partial charge in [-0.25, -0.2) is 10.1 Å². The molecule has 1 N–H and O–H groups in total. The number of hydrazone groups is 1. The van der Waals surface area contributed by atoms with E-state index < -0.39 is 0 Å². The van der Waals surface area contributed by atoms with Crippen molar-refractivity contribution in [2.75, 3.05) is 7.11 Å². The van der Waals surface area contributed by atoms with Crippen LogP contribution in [0.25, 0.3) is 5.69 Å². The van der Waals surface area contributed by atoms with Crippen molar-refractivity contribution in [1.82, 2.24) is 25.6 Å². The molecule has 0 spiro atoms. The molecule has 3 aromatic rings. The minimum atomic E-state index is -0.137. The maximum Gasteiger partial charge on any atom is 0.240 e. The van der Waals surface area contributed by atoms with Crippen LogP contribution < -0.4 is 10.2 Å². The van der Waals surface area contributed by atoms with Crippen LogP contribution in [0.15, 0.2) is 60.0 Å². The molecule has 27 heavy (non-hydrogen) atoms. The van der Waals surface area contributed by atoms with Crippen molar-refractivity contribution >= 4 is 11.6 Å². The lowest BCUT2D eigenvalue weighted by Gasteiger charge is -2.06. The molecule has 0 fully saturated rings. The number of carbonyl (C=O) groups is 1. The quantitative estimate of drug-likeness (QED) is 0.512. The van der Waals surface area contributed by atoms with Crippen LogP contribution in [0, 0.1) is 0 Å². The Morgan fingerprint density at radius 1 is 1.22 bits per heavy atom. The van der Waals surface area contributed by atoms with E-state index in [1.807, 2.05) is 55.5 Å². The lowest BCUT2D eigenvalue weighted by Crippen LogP contribution is -2.19. The van der Waals surface area contributed by atoms with Crippen molar-refractivity contribution in [3.63, 3.8) is 0 Å². The van der Waals surface area contributed by atoms with E-state index >= 15 is 0 Å². The zero-order chi connectivity index (χ0) is 19.1. The first-order valence-electron chi connectivity index (χ1n) is 8.45. The zero-order valence-electron chi connectivity index (χ0n) is 15.2. The fraction of sp³-hybridized carbons (Fsp3) is 0.211. The number of hydrogen-bond donors (Lipinski definition) is 1. The third-order valence-electron chi connectivity index (χ3n) is 4.03. The van der Waals surface area contributed by atoms with Crippen molar-refractivity contribution < 1.29 is 9.53 Å². The van der Waals surface area contributed by atoms with Gasteiger partial charge in [-0.15, -0.1) is 5.10 Å². The molecule has 8 nitrogen and oxygen atoms in total. The largest absolute Gasteiger partial charge is 0.497 e. The van der Waals surface area contributed by atoms with Crippen LogP contribution in [0.1, 0.15) is 24.5 Å². The summed E-state index contributed by atoms with van der Waals surface area (Å²) in [4.78, 5) is 12.1. The van der Waals surface area contributed by atoms with E-state index in [0.29, 0.717) is 18.6 Å². The number of hydrogen-bond acceptors (Lipinski definition) is 6. The van der Waals surface area contributed by atoms with Gasteiger partial charge in [0.2, 0.25) is 5.91 Å². The highest BCUT2D eigenvalue weighted by Crippen LogP contribution is 2.13. The Bertz CT molecular complexity index is 920. The second kappa shape index (κ2) is 8.70. The normalized spacial score (nSPS) is 11.3. The van der Waals surface area contributed by atoms with E-state index in [4.69, 9.17) is 4.74 Å². The van der Waals surface area contributed by atoms with Gasteiger partial charge in [-0.1, -0.05) is 24.3 Å². The third kappa shape index (κ3) is 4.97. The number of carbonyl (C=O) groups excluding carboxylic acids is 1. The number of rotatable bonds is 7. The summed E-state index contributed by atoms with van der Waals surface area (Å²) in [5, 5.41) is 15.3. The fourth-order valence-corrected chi connectivity index (χ4v) is 2.47. The highest BCUT2D eigenvalue weighted by atomic mass is 16.5. The van der Waals surface area contributed by atoms with Crippen molar-refractivity contribution in [1.29, 1.82) is 0 Å². The summed E-state index contributed by atoms with van der Waals surface area (Å²) in [5.41, 5.74) is 6.06. The summed E-state index contributed by atoms with van der Waals surface area (Å²) in [5.74, 6) is 0.661. The van der Waals surface area contributed by atoms with Crippen molar-refractivity contribution in [3.8, 4) is 11.4 Å². The van der Waals surface area contributed by atoms with Gasteiger partial charge in [0, 0.05) is 6.42 Å². The topological polar surface area (TPSA) is 94.3 Å². The highest BCUT2D eigenvalue weighted by Gasteiger charge is 2.05. The van der Waals surface area contributed by atoms with E-state index in [0.717, 1.165) is 22.6 Å². The number of aromatic nitrogens is 4. The van der Waals surface area contributed by atoms with Gasteiger partial charge in [0.05, 0.1) is 18.5 Å². The first-order valence-corrected chi connectivity index (χ1v) is 8.45. The number of methoxy groups -OCH3 is 1. The summed E-state index contributed by atoms with van der Waals surface area (Å²) in [6.07, 6.45) is 2.51.